The Labute approximate surface area is 164 Å². The summed E-state index contributed by atoms with van der Waals surface area (Å²) in [5, 5.41) is 3.58. The number of amides is 1. The van der Waals surface area contributed by atoms with Gasteiger partial charge in [0.25, 0.3) is 5.91 Å². The second kappa shape index (κ2) is 9.53. The van der Waals surface area contributed by atoms with Crippen molar-refractivity contribution in [1.29, 1.82) is 0 Å². The molecule has 1 fully saturated rings. The van der Waals surface area contributed by atoms with Crippen LogP contribution in [0.15, 0.2) is 36.7 Å². The summed E-state index contributed by atoms with van der Waals surface area (Å²) in [7, 11) is 1.64. The van der Waals surface area contributed by atoms with Crippen molar-refractivity contribution in [2.75, 3.05) is 56.2 Å². The van der Waals surface area contributed by atoms with Gasteiger partial charge in [0.05, 0.1) is 5.56 Å². The maximum Gasteiger partial charge on any atom is 0.254 e. The van der Waals surface area contributed by atoms with Crippen LogP contribution in [0, 0.1) is 0 Å². The van der Waals surface area contributed by atoms with Gasteiger partial charge in [0.1, 0.15) is 0 Å². The number of carbonyl (C=O) groups excluding carboxylic acids is 1. The number of rotatable bonds is 7. The summed E-state index contributed by atoms with van der Waals surface area (Å²) in [6.45, 7) is 4.55. The number of piperazine rings is 1. The van der Waals surface area contributed by atoms with Gasteiger partial charge in [-0.3, -0.25) is 4.79 Å². The lowest BCUT2D eigenvalue weighted by molar-refractivity contribution is 0.0948. The van der Waals surface area contributed by atoms with E-state index in [0.29, 0.717) is 24.7 Å². The smallest absolute Gasteiger partial charge is 0.254 e. The predicted octanol–water partition coefficient (Wildman–Crippen LogP) is 2.22. The molecule has 1 aromatic heterocycles. The molecule has 1 aromatic carbocycles. The fraction of sp³-hybridized carbons (Fsp3) is 0.421. The van der Waals surface area contributed by atoms with Gasteiger partial charge in [0.15, 0.2) is 0 Å². The molecule has 0 unspecified atom stereocenters. The summed E-state index contributed by atoms with van der Waals surface area (Å²) in [6, 6.07) is 7.89. The predicted molar refractivity (Wildman–Crippen MR) is 107 cm³/mol. The van der Waals surface area contributed by atoms with Crippen LogP contribution in [0.4, 0.5) is 11.6 Å². The van der Waals surface area contributed by atoms with E-state index in [4.69, 9.17) is 16.3 Å². The zero-order valence-corrected chi connectivity index (χ0v) is 16.2. The molecule has 7 nitrogen and oxygen atoms in total. The Bertz CT molecular complexity index is 748. The number of aromatic nitrogens is 2. The van der Waals surface area contributed by atoms with E-state index in [2.05, 4.69) is 31.2 Å². The van der Waals surface area contributed by atoms with Crippen LogP contribution in [0.2, 0.25) is 5.02 Å². The molecule has 0 spiro atoms. The van der Waals surface area contributed by atoms with Gasteiger partial charge in [0.2, 0.25) is 5.95 Å². The number of methoxy groups -OCH3 is 1. The van der Waals surface area contributed by atoms with Gasteiger partial charge >= 0.3 is 0 Å². The summed E-state index contributed by atoms with van der Waals surface area (Å²) >= 11 is 6.08. The Kier molecular flexibility index (Phi) is 6.84. The van der Waals surface area contributed by atoms with E-state index in [0.717, 1.165) is 43.3 Å². The molecule has 144 valence electrons. The summed E-state index contributed by atoms with van der Waals surface area (Å²) in [4.78, 5) is 25.2. The van der Waals surface area contributed by atoms with Crippen molar-refractivity contribution in [1.82, 2.24) is 15.3 Å². The van der Waals surface area contributed by atoms with Crippen molar-refractivity contribution >= 4 is 29.1 Å². The van der Waals surface area contributed by atoms with Gasteiger partial charge in [-0.2, -0.15) is 0 Å². The summed E-state index contributed by atoms with van der Waals surface area (Å²) in [5.41, 5.74) is 1.59. The first kappa shape index (κ1) is 19.4. The maximum atomic E-state index is 12.1. The minimum atomic E-state index is -0.163. The van der Waals surface area contributed by atoms with E-state index in [1.807, 2.05) is 18.2 Å². The normalized spacial score (nSPS) is 14.3. The molecule has 8 heteroatoms. The van der Waals surface area contributed by atoms with E-state index in [1.165, 1.54) is 0 Å². The first-order chi connectivity index (χ1) is 13.2. The van der Waals surface area contributed by atoms with Crippen molar-refractivity contribution in [3.63, 3.8) is 0 Å². The molecule has 1 saturated heterocycles. The summed E-state index contributed by atoms with van der Waals surface area (Å²) in [5.74, 6) is 0.486. The van der Waals surface area contributed by atoms with Crippen molar-refractivity contribution in [2.24, 2.45) is 0 Å². The average molecular weight is 390 g/mol. The number of ether oxygens (including phenoxy) is 1. The average Bonchev–Trinajstić information content (AvgIpc) is 2.71. The lowest BCUT2D eigenvalue weighted by Gasteiger charge is -2.36. The Morgan fingerprint density at radius 1 is 1.19 bits per heavy atom. The molecule has 1 aliphatic heterocycles. The van der Waals surface area contributed by atoms with Gasteiger partial charge in [-0.1, -0.05) is 17.7 Å². The fourth-order valence-electron chi connectivity index (χ4n) is 2.96. The van der Waals surface area contributed by atoms with E-state index in [-0.39, 0.29) is 5.91 Å². The largest absolute Gasteiger partial charge is 0.385 e. The number of carbonyl (C=O) groups is 1. The molecular formula is C19H24ClN5O2. The molecule has 1 aliphatic rings. The highest BCUT2D eigenvalue weighted by molar-refractivity contribution is 6.30. The second-order valence-corrected chi connectivity index (χ2v) is 6.76. The Hall–Kier alpha value is -2.38. The van der Waals surface area contributed by atoms with Crippen LogP contribution in [0.1, 0.15) is 16.8 Å². The molecule has 0 atom stereocenters. The maximum absolute atomic E-state index is 12.1. The third kappa shape index (κ3) is 5.30. The van der Waals surface area contributed by atoms with Gasteiger partial charge in [-0.15, -0.1) is 0 Å². The lowest BCUT2D eigenvalue weighted by atomic mass is 10.2. The SMILES string of the molecule is COCCCNC(=O)c1cnc(N2CCN(c3cccc(Cl)c3)CC2)nc1. The minimum Gasteiger partial charge on any atom is -0.385 e. The Balaban J connectivity index is 1.52. The molecule has 2 heterocycles. The van der Waals surface area contributed by atoms with Crippen molar-refractivity contribution < 1.29 is 9.53 Å². The number of nitrogens with one attached hydrogen (secondary N) is 1. The second-order valence-electron chi connectivity index (χ2n) is 6.33. The van der Waals surface area contributed by atoms with Crippen LogP contribution in [0.25, 0.3) is 0 Å². The zero-order chi connectivity index (χ0) is 19.1. The number of benzene rings is 1. The third-order valence-electron chi connectivity index (χ3n) is 4.45. The highest BCUT2D eigenvalue weighted by atomic mass is 35.5. The monoisotopic (exact) mass is 389 g/mol. The number of halogens is 1. The van der Waals surface area contributed by atoms with E-state index in [1.54, 1.807) is 19.5 Å². The molecule has 1 amide bonds. The number of hydrogen-bond acceptors (Lipinski definition) is 6. The van der Waals surface area contributed by atoms with Crippen LogP contribution in [-0.2, 0) is 4.74 Å². The topological polar surface area (TPSA) is 70.6 Å². The molecule has 0 bridgehead atoms. The first-order valence-electron chi connectivity index (χ1n) is 9.02. The van der Waals surface area contributed by atoms with Crippen molar-refractivity contribution in [2.45, 2.75) is 6.42 Å². The Morgan fingerprint density at radius 2 is 1.89 bits per heavy atom. The molecule has 3 rings (SSSR count). The molecule has 0 aliphatic carbocycles. The fourth-order valence-corrected chi connectivity index (χ4v) is 3.14. The molecule has 0 saturated carbocycles. The molecule has 2 aromatic rings. The van der Waals surface area contributed by atoms with Crippen molar-refractivity contribution in [3.05, 3.63) is 47.2 Å². The minimum absolute atomic E-state index is 0.163. The third-order valence-corrected chi connectivity index (χ3v) is 4.68. The van der Waals surface area contributed by atoms with Gasteiger partial charge in [-0.05, 0) is 24.6 Å². The van der Waals surface area contributed by atoms with Crippen molar-refractivity contribution in [3.8, 4) is 0 Å². The zero-order valence-electron chi connectivity index (χ0n) is 15.4. The quantitative estimate of drug-likeness (QED) is 0.732. The van der Waals surface area contributed by atoms with Crippen LogP contribution in [0.5, 0.6) is 0 Å². The van der Waals surface area contributed by atoms with E-state index < -0.39 is 0 Å². The summed E-state index contributed by atoms with van der Waals surface area (Å²) < 4.78 is 4.96. The highest BCUT2D eigenvalue weighted by Gasteiger charge is 2.19. The summed E-state index contributed by atoms with van der Waals surface area (Å²) in [6.07, 6.45) is 3.94. The first-order valence-corrected chi connectivity index (χ1v) is 9.40. The lowest BCUT2D eigenvalue weighted by Crippen LogP contribution is -2.47. The number of nitrogens with zero attached hydrogens (tertiary/aromatic N) is 4. The van der Waals surface area contributed by atoms with Crippen LogP contribution >= 0.6 is 11.6 Å². The van der Waals surface area contributed by atoms with E-state index >= 15 is 0 Å². The number of hydrogen-bond donors (Lipinski definition) is 1. The molecule has 1 N–H and O–H groups in total. The standard InChI is InChI=1S/C19H24ClN5O2/c1-27-11-3-6-21-18(26)15-13-22-19(23-14-15)25-9-7-24(8-10-25)17-5-2-4-16(20)12-17/h2,4-5,12-14H,3,6-11H2,1H3,(H,21,26). The van der Waals surface area contributed by atoms with Crippen LogP contribution < -0.4 is 15.1 Å². The van der Waals surface area contributed by atoms with Crippen LogP contribution in [0.3, 0.4) is 0 Å². The van der Waals surface area contributed by atoms with Crippen LogP contribution in [-0.4, -0.2) is 62.3 Å². The van der Waals surface area contributed by atoms with Gasteiger partial charge in [0, 0.05) is 69.5 Å². The van der Waals surface area contributed by atoms with E-state index in [9.17, 15) is 4.79 Å². The number of anilines is 2. The molecular weight excluding hydrogens is 366 g/mol. The molecule has 0 radical (unpaired) electrons. The Morgan fingerprint density at radius 3 is 2.56 bits per heavy atom. The highest BCUT2D eigenvalue weighted by Crippen LogP contribution is 2.21. The molecule has 27 heavy (non-hydrogen) atoms. The van der Waals surface area contributed by atoms with Gasteiger partial charge < -0.3 is 19.9 Å². The van der Waals surface area contributed by atoms with Gasteiger partial charge in [-0.25, -0.2) is 9.97 Å².